The molecule has 3 aromatic heterocycles. The molecule has 2 atom stereocenters. The topological polar surface area (TPSA) is 117 Å². The van der Waals surface area contributed by atoms with E-state index in [1.165, 1.54) is 22.9 Å². The molecule has 0 fully saturated rings. The van der Waals surface area contributed by atoms with Crippen molar-refractivity contribution in [3.8, 4) is 22.5 Å². The van der Waals surface area contributed by atoms with Gasteiger partial charge in [0.1, 0.15) is 11.6 Å². The van der Waals surface area contributed by atoms with Gasteiger partial charge in [-0.15, -0.1) is 0 Å². The summed E-state index contributed by atoms with van der Waals surface area (Å²) < 4.78 is 52.8. The molecule has 0 amide bonds. The van der Waals surface area contributed by atoms with Crippen molar-refractivity contribution in [3.05, 3.63) is 83.4 Å². The van der Waals surface area contributed by atoms with Crippen molar-refractivity contribution in [1.82, 2.24) is 25.0 Å². The number of nitrogens with zero attached hydrogens (tertiary/aromatic N) is 5. The van der Waals surface area contributed by atoms with Gasteiger partial charge in [0.25, 0.3) is 0 Å². The molecule has 2 N–H and O–H groups in total. The van der Waals surface area contributed by atoms with Crippen LogP contribution in [0.25, 0.3) is 22.5 Å². The smallest absolute Gasteiger partial charge is 0.210 e. The fourth-order valence-corrected chi connectivity index (χ4v) is 4.51. The second-order valence-corrected chi connectivity index (χ2v) is 10.7. The van der Waals surface area contributed by atoms with Crippen LogP contribution in [0.4, 0.5) is 8.78 Å². The monoisotopic (exact) mass is 526 g/mol. The highest BCUT2D eigenvalue weighted by atomic mass is 32.2. The number of aromatic nitrogens is 5. The molecule has 0 spiro atoms. The van der Waals surface area contributed by atoms with Crippen LogP contribution in [0.5, 0.6) is 0 Å². The zero-order chi connectivity index (χ0) is 26.7. The Hall–Kier alpha value is -3.57. The van der Waals surface area contributed by atoms with E-state index in [1.54, 1.807) is 18.5 Å². The zero-order valence-electron chi connectivity index (χ0n) is 20.8. The molecule has 37 heavy (non-hydrogen) atoms. The van der Waals surface area contributed by atoms with Crippen molar-refractivity contribution < 1.29 is 17.2 Å². The maximum atomic E-state index is 14.4. The highest BCUT2D eigenvalue weighted by molar-refractivity contribution is 7.89. The number of hydrogen-bond donors (Lipinski definition) is 1. The molecule has 8 nitrogen and oxygen atoms in total. The van der Waals surface area contributed by atoms with Crippen molar-refractivity contribution in [1.29, 1.82) is 0 Å². The first-order chi connectivity index (χ1) is 17.6. The summed E-state index contributed by atoms with van der Waals surface area (Å²) in [5, 5.41) is 17.9. The Morgan fingerprint density at radius 1 is 1.03 bits per heavy atom. The van der Waals surface area contributed by atoms with Gasteiger partial charge >= 0.3 is 0 Å². The number of aryl methyl sites for hydroxylation is 1. The lowest BCUT2D eigenvalue weighted by atomic mass is 9.89. The SMILES string of the molecule is CC[C@H](C)c1cc(-c2c(F)cccc2F)nnc1C(C)c1cccc(-c2cnn(CCS(N)(=O)=O)c2)n1. The minimum Gasteiger partial charge on any atom is -0.271 e. The van der Waals surface area contributed by atoms with Gasteiger partial charge in [0, 0.05) is 23.4 Å². The molecule has 0 radical (unpaired) electrons. The highest BCUT2D eigenvalue weighted by Crippen LogP contribution is 2.34. The Kier molecular flexibility index (Phi) is 7.74. The fourth-order valence-electron chi connectivity index (χ4n) is 4.06. The Balaban J connectivity index is 1.68. The Bertz CT molecular complexity index is 1500. The molecule has 0 aliphatic heterocycles. The number of halogens is 2. The second kappa shape index (κ2) is 10.8. The number of primary sulfonamides is 1. The molecular formula is C26H28F2N6O2S. The summed E-state index contributed by atoms with van der Waals surface area (Å²) in [6.45, 7) is 6.17. The summed E-state index contributed by atoms with van der Waals surface area (Å²) >= 11 is 0. The first-order valence-corrected chi connectivity index (χ1v) is 13.6. The molecule has 3 heterocycles. The van der Waals surface area contributed by atoms with Crippen molar-refractivity contribution in [2.24, 2.45) is 5.14 Å². The Morgan fingerprint density at radius 3 is 2.41 bits per heavy atom. The average Bonchev–Trinajstić information content (AvgIpc) is 3.35. The number of pyridine rings is 1. The lowest BCUT2D eigenvalue weighted by molar-refractivity contribution is 0.582. The molecule has 1 aromatic carbocycles. The van der Waals surface area contributed by atoms with Gasteiger partial charge in [-0.3, -0.25) is 9.67 Å². The minimum atomic E-state index is -3.60. The predicted molar refractivity (Wildman–Crippen MR) is 137 cm³/mol. The number of rotatable bonds is 9. The Labute approximate surface area is 214 Å². The molecule has 0 aliphatic rings. The van der Waals surface area contributed by atoms with Crippen molar-refractivity contribution >= 4 is 10.0 Å². The van der Waals surface area contributed by atoms with E-state index in [2.05, 4.69) is 15.3 Å². The van der Waals surface area contributed by atoms with Gasteiger partial charge < -0.3 is 0 Å². The quantitative estimate of drug-likeness (QED) is 0.340. The van der Waals surface area contributed by atoms with Gasteiger partial charge in [-0.05, 0) is 48.2 Å². The van der Waals surface area contributed by atoms with Crippen LogP contribution in [0.15, 0.2) is 54.9 Å². The highest BCUT2D eigenvalue weighted by Gasteiger charge is 2.23. The van der Waals surface area contributed by atoms with E-state index in [-0.39, 0.29) is 35.4 Å². The molecule has 4 aromatic rings. The molecule has 0 saturated carbocycles. The fraction of sp³-hybridized carbons (Fsp3) is 0.308. The van der Waals surface area contributed by atoms with Gasteiger partial charge in [0.05, 0.1) is 41.1 Å². The zero-order valence-corrected chi connectivity index (χ0v) is 21.6. The minimum absolute atomic E-state index is 0.0711. The third kappa shape index (κ3) is 6.05. The maximum absolute atomic E-state index is 14.4. The Morgan fingerprint density at radius 2 is 1.73 bits per heavy atom. The summed E-state index contributed by atoms with van der Waals surface area (Å²) in [5.41, 5.74) is 3.61. The van der Waals surface area contributed by atoms with Crippen LogP contribution in [-0.4, -0.2) is 39.1 Å². The van der Waals surface area contributed by atoms with Crippen LogP contribution < -0.4 is 5.14 Å². The number of sulfonamides is 1. The van der Waals surface area contributed by atoms with E-state index >= 15 is 0 Å². The molecule has 194 valence electrons. The summed E-state index contributed by atoms with van der Waals surface area (Å²) in [6, 6.07) is 11.0. The first kappa shape index (κ1) is 26.5. The van der Waals surface area contributed by atoms with Crippen LogP contribution in [0, 0.1) is 11.6 Å². The summed E-state index contributed by atoms with van der Waals surface area (Å²) in [5.74, 6) is -1.79. The van der Waals surface area contributed by atoms with E-state index < -0.39 is 21.7 Å². The maximum Gasteiger partial charge on any atom is 0.210 e. The van der Waals surface area contributed by atoms with E-state index in [9.17, 15) is 17.2 Å². The van der Waals surface area contributed by atoms with Crippen LogP contribution in [0.2, 0.25) is 0 Å². The van der Waals surface area contributed by atoms with E-state index in [0.717, 1.165) is 23.2 Å². The summed E-state index contributed by atoms with van der Waals surface area (Å²) in [4.78, 5) is 4.79. The molecule has 11 heteroatoms. The standard InChI is InChI=1S/C26H28F2N6O2S/c1-4-16(2)19-13-24(25-20(27)7-5-8-21(25)28)32-33-26(19)17(3)22-9-6-10-23(31-22)18-14-30-34(15-18)11-12-37(29,35)36/h5-10,13-17H,4,11-12H2,1-3H3,(H2,29,35,36)/t16-,17?/m0/s1. The lowest BCUT2D eigenvalue weighted by Gasteiger charge is -2.19. The molecule has 0 saturated heterocycles. The van der Waals surface area contributed by atoms with E-state index in [0.29, 0.717) is 11.4 Å². The van der Waals surface area contributed by atoms with Gasteiger partial charge in [-0.25, -0.2) is 22.3 Å². The third-order valence-corrected chi connectivity index (χ3v) is 7.13. The molecule has 0 bridgehead atoms. The van der Waals surface area contributed by atoms with Crippen molar-refractivity contribution in [2.45, 2.75) is 45.6 Å². The molecule has 0 aliphatic carbocycles. The van der Waals surface area contributed by atoms with Crippen LogP contribution in [0.1, 0.15) is 56.0 Å². The number of benzene rings is 1. The van der Waals surface area contributed by atoms with Gasteiger partial charge in [0.15, 0.2) is 0 Å². The second-order valence-electron chi connectivity index (χ2n) is 9.00. The third-order valence-electron chi connectivity index (χ3n) is 6.37. The lowest BCUT2D eigenvalue weighted by Crippen LogP contribution is -2.20. The van der Waals surface area contributed by atoms with Crippen LogP contribution >= 0.6 is 0 Å². The van der Waals surface area contributed by atoms with E-state index in [1.807, 2.05) is 39.0 Å². The predicted octanol–water partition coefficient (Wildman–Crippen LogP) is 4.63. The number of nitrogens with two attached hydrogens (primary N) is 1. The number of hydrogen-bond acceptors (Lipinski definition) is 6. The van der Waals surface area contributed by atoms with E-state index in [4.69, 9.17) is 10.1 Å². The summed E-state index contributed by atoms with van der Waals surface area (Å²) in [7, 11) is -3.60. The van der Waals surface area contributed by atoms with Gasteiger partial charge in [-0.2, -0.15) is 15.3 Å². The average molecular weight is 527 g/mol. The molecule has 1 unspecified atom stereocenters. The van der Waals surface area contributed by atoms with Crippen LogP contribution in [0.3, 0.4) is 0 Å². The van der Waals surface area contributed by atoms with Crippen LogP contribution in [-0.2, 0) is 16.6 Å². The van der Waals surface area contributed by atoms with Crippen molar-refractivity contribution in [2.75, 3.05) is 5.75 Å². The van der Waals surface area contributed by atoms with Gasteiger partial charge in [-0.1, -0.05) is 32.9 Å². The summed E-state index contributed by atoms with van der Waals surface area (Å²) in [6.07, 6.45) is 4.13. The van der Waals surface area contributed by atoms with Gasteiger partial charge in [0.2, 0.25) is 10.0 Å². The largest absolute Gasteiger partial charge is 0.271 e. The first-order valence-electron chi connectivity index (χ1n) is 11.9. The normalized spacial score (nSPS) is 13.5. The molecule has 4 rings (SSSR count). The van der Waals surface area contributed by atoms with Crippen molar-refractivity contribution in [3.63, 3.8) is 0 Å². The molecular weight excluding hydrogens is 498 g/mol.